The molecule has 2 fully saturated rings. The summed E-state index contributed by atoms with van der Waals surface area (Å²) in [7, 11) is 1.46. The molecule has 3 atom stereocenters. The summed E-state index contributed by atoms with van der Waals surface area (Å²) >= 11 is 0. The maximum atomic E-state index is 11.1. The molecule has 2 saturated carbocycles. The molecule has 0 aromatic heterocycles. The predicted molar refractivity (Wildman–Crippen MR) is 80.1 cm³/mol. The van der Waals surface area contributed by atoms with Crippen LogP contribution in [0.25, 0.3) is 0 Å². The number of hydrogen-bond donors (Lipinski definition) is 0. The third-order valence-electron chi connectivity index (χ3n) is 5.49. The van der Waals surface area contributed by atoms with E-state index in [1.54, 1.807) is 0 Å². The molecule has 0 heterocycles. The van der Waals surface area contributed by atoms with E-state index < -0.39 is 0 Å². The molecule has 4 aliphatic rings. The van der Waals surface area contributed by atoms with E-state index in [9.17, 15) is 4.79 Å². The second-order valence-corrected chi connectivity index (χ2v) is 6.63. The van der Waals surface area contributed by atoms with Gasteiger partial charge in [0, 0.05) is 11.1 Å². The van der Waals surface area contributed by atoms with Crippen molar-refractivity contribution in [2.75, 3.05) is 7.11 Å². The second kappa shape index (κ2) is 5.97. The Morgan fingerprint density at radius 1 is 1.14 bits per heavy atom. The Kier molecular flexibility index (Phi) is 4.03. The first-order valence-electron chi connectivity index (χ1n) is 7.98. The van der Waals surface area contributed by atoms with E-state index in [1.165, 1.54) is 24.7 Å². The van der Waals surface area contributed by atoms with Gasteiger partial charge < -0.3 is 4.74 Å². The van der Waals surface area contributed by atoms with Crippen molar-refractivity contribution in [2.24, 2.45) is 17.8 Å². The van der Waals surface area contributed by atoms with E-state index in [0.717, 1.165) is 55.6 Å². The molecule has 0 spiro atoms. The average molecular weight is 296 g/mol. The highest BCUT2D eigenvalue weighted by molar-refractivity contribution is 5.90. The predicted octanol–water partition coefficient (Wildman–Crippen LogP) is 3.42. The van der Waals surface area contributed by atoms with Crippen LogP contribution in [-0.4, -0.2) is 13.1 Å². The topological polar surface area (TPSA) is 73.9 Å². The van der Waals surface area contributed by atoms with Gasteiger partial charge in [-0.15, -0.1) is 0 Å². The normalized spacial score (nSPS) is 30.8. The standard InChI is InChI=1S/C9H8N2.C9H12O2/c10-4-8-6-1-2-7(3-6)9(8)5-11;1-11-9(10)8-5-6-2-3-7(8)4-6/h6,8H,1-3H2;6H,2-5H2,1H3. The zero-order valence-corrected chi connectivity index (χ0v) is 12.9. The van der Waals surface area contributed by atoms with Crippen LogP contribution in [0.5, 0.6) is 0 Å². The molecule has 4 rings (SSSR count). The number of carbonyl (C=O) groups excluding carboxylic acids is 1. The molecule has 4 bridgehead atoms. The lowest BCUT2D eigenvalue weighted by molar-refractivity contribution is -0.136. The molecule has 4 nitrogen and oxygen atoms in total. The summed E-state index contributed by atoms with van der Waals surface area (Å²) in [5, 5.41) is 17.5. The number of rotatable bonds is 1. The van der Waals surface area contributed by atoms with Gasteiger partial charge in [-0.2, -0.15) is 10.5 Å². The van der Waals surface area contributed by atoms with Crippen LogP contribution in [0.2, 0.25) is 0 Å². The number of esters is 1. The number of nitrogens with zero attached hydrogens (tertiary/aromatic N) is 2. The molecule has 0 saturated heterocycles. The highest BCUT2D eigenvalue weighted by Crippen LogP contribution is 2.47. The van der Waals surface area contributed by atoms with E-state index >= 15 is 0 Å². The van der Waals surface area contributed by atoms with Crippen molar-refractivity contribution in [3.63, 3.8) is 0 Å². The molecule has 0 aromatic rings. The first-order valence-corrected chi connectivity index (χ1v) is 7.98. The summed E-state index contributed by atoms with van der Waals surface area (Å²) in [5.74, 6) is 1.08. The monoisotopic (exact) mass is 296 g/mol. The molecule has 4 heteroatoms. The minimum Gasteiger partial charge on any atom is -0.466 e. The van der Waals surface area contributed by atoms with Gasteiger partial charge in [-0.25, -0.2) is 4.79 Å². The lowest BCUT2D eigenvalue weighted by Gasteiger charge is -2.11. The Hall–Kier alpha value is -2.07. The smallest absolute Gasteiger partial charge is 0.333 e. The minimum absolute atomic E-state index is 0.0660. The maximum absolute atomic E-state index is 11.1. The lowest BCUT2D eigenvalue weighted by atomic mass is 9.88. The number of allylic oxidation sites excluding steroid dienone is 3. The van der Waals surface area contributed by atoms with Crippen molar-refractivity contribution in [1.82, 2.24) is 0 Å². The molecule has 4 aliphatic carbocycles. The van der Waals surface area contributed by atoms with Crippen LogP contribution >= 0.6 is 0 Å². The summed E-state index contributed by atoms with van der Waals surface area (Å²) in [6.45, 7) is 0. The van der Waals surface area contributed by atoms with Crippen LogP contribution < -0.4 is 0 Å². The van der Waals surface area contributed by atoms with Crippen molar-refractivity contribution in [2.45, 2.75) is 44.9 Å². The summed E-state index contributed by atoms with van der Waals surface area (Å²) < 4.78 is 4.69. The van der Waals surface area contributed by atoms with Crippen LogP contribution in [0.3, 0.4) is 0 Å². The van der Waals surface area contributed by atoms with Gasteiger partial charge in [0.05, 0.1) is 25.2 Å². The molecule has 114 valence electrons. The van der Waals surface area contributed by atoms with Gasteiger partial charge in [0.25, 0.3) is 0 Å². The Bertz CT molecular complexity index is 645. The van der Waals surface area contributed by atoms with E-state index in [1.807, 2.05) is 0 Å². The zero-order valence-electron chi connectivity index (χ0n) is 12.9. The molecule has 0 radical (unpaired) electrons. The summed E-state index contributed by atoms with van der Waals surface area (Å²) in [5.41, 5.74) is 4.37. The van der Waals surface area contributed by atoms with Gasteiger partial charge >= 0.3 is 5.97 Å². The van der Waals surface area contributed by atoms with Crippen LogP contribution in [0, 0.1) is 40.4 Å². The Morgan fingerprint density at radius 2 is 1.91 bits per heavy atom. The highest BCUT2D eigenvalue weighted by Gasteiger charge is 2.39. The largest absolute Gasteiger partial charge is 0.466 e. The minimum atomic E-state index is -0.0952. The van der Waals surface area contributed by atoms with E-state index in [0.29, 0.717) is 5.92 Å². The summed E-state index contributed by atoms with van der Waals surface area (Å²) in [4.78, 5) is 11.1. The molecule has 22 heavy (non-hydrogen) atoms. The van der Waals surface area contributed by atoms with E-state index in [4.69, 9.17) is 10.5 Å². The molecule has 0 amide bonds. The maximum Gasteiger partial charge on any atom is 0.333 e. The molecule has 0 aromatic carbocycles. The van der Waals surface area contributed by atoms with Crippen molar-refractivity contribution in [3.8, 4) is 12.1 Å². The summed E-state index contributed by atoms with van der Waals surface area (Å²) in [6, 6.07) is 4.37. The van der Waals surface area contributed by atoms with E-state index in [2.05, 4.69) is 16.9 Å². The van der Waals surface area contributed by atoms with Gasteiger partial charge in [0.2, 0.25) is 0 Å². The zero-order chi connectivity index (χ0) is 15.7. The van der Waals surface area contributed by atoms with Crippen molar-refractivity contribution >= 4 is 5.97 Å². The van der Waals surface area contributed by atoms with Gasteiger partial charge in [0.15, 0.2) is 0 Å². The molecular weight excluding hydrogens is 276 g/mol. The van der Waals surface area contributed by atoms with Gasteiger partial charge in [-0.3, -0.25) is 0 Å². The number of fused-ring (bicyclic) bond motifs is 4. The fourth-order valence-electron chi connectivity index (χ4n) is 4.35. The number of ether oxygens (including phenoxy) is 1. The van der Waals surface area contributed by atoms with Crippen molar-refractivity contribution in [1.29, 1.82) is 10.5 Å². The van der Waals surface area contributed by atoms with Gasteiger partial charge in [-0.1, -0.05) is 11.1 Å². The highest BCUT2D eigenvalue weighted by atomic mass is 16.5. The van der Waals surface area contributed by atoms with Crippen LogP contribution in [-0.2, 0) is 9.53 Å². The SMILES string of the molecule is COC(=O)C1=C2CCC(C2)C1.N#CC1=C2CCC(C2)C1C#N. The lowest BCUT2D eigenvalue weighted by Crippen LogP contribution is -2.08. The molecule has 0 aliphatic heterocycles. The molecular formula is C18H20N2O2. The first kappa shape index (κ1) is 14.9. The summed E-state index contributed by atoms with van der Waals surface area (Å²) in [6.07, 6.45) is 7.75. The quantitative estimate of drug-likeness (QED) is 0.695. The number of methoxy groups -OCH3 is 1. The number of carbonyl (C=O) groups is 1. The second-order valence-electron chi connectivity index (χ2n) is 6.63. The first-order chi connectivity index (χ1) is 10.7. The fraction of sp³-hybridized carbons (Fsp3) is 0.611. The van der Waals surface area contributed by atoms with Crippen molar-refractivity contribution in [3.05, 3.63) is 22.3 Å². The van der Waals surface area contributed by atoms with Crippen LogP contribution in [0.4, 0.5) is 0 Å². The van der Waals surface area contributed by atoms with Gasteiger partial charge in [-0.05, 0) is 56.8 Å². The van der Waals surface area contributed by atoms with Crippen molar-refractivity contribution < 1.29 is 9.53 Å². The van der Waals surface area contributed by atoms with Crippen LogP contribution in [0.1, 0.15) is 44.9 Å². The fourth-order valence-corrected chi connectivity index (χ4v) is 4.35. The van der Waals surface area contributed by atoms with Crippen LogP contribution in [0.15, 0.2) is 22.3 Å². The number of nitriles is 2. The third kappa shape index (κ3) is 2.44. The Labute approximate surface area is 131 Å². The number of hydrogen-bond acceptors (Lipinski definition) is 4. The Morgan fingerprint density at radius 3 is 2.41 bits per heavy atom. The van der Waals surface area contributed by atoms with Gasteiger partial charge in [0.1, 0.15) is 0 Å². The molecule has 0 N–H and O–H groups in total. The average Bonchev–Trinajstić information content (AvgIpc) is 3.32. The third-order valence-corrected chi connectivity index (χ3v) is 5.49. The molecule has 3 unspecified atom stereocenters. The van der Waals surface area contributed by atoms with E-state index in [-0.39, 0.29) is 11.9 Å². The Balaban J connectivity index is 0.000000131.